The molecule has 0 saturated carbocycles. The Bertz CT molecular complexity index is 1270. The zero-order valence-electron chi connectivity index (χ0n) is 18.6. The largest absolute Gasteiger partial charge is 0.493 e. The first-order chi connectivity index (χ1) is 15.8. The molecule has 1 unspecified atom stereocenters. The molecular weight excluding hydrogens is 486 g/mol. The Morgan fingerprint density at radius 2 is 2.03 bits per heavy atom. The second-order valence-electron chi connectivity index (χ2n) is 9.14. The molecule has 0 bridgehead atoms. The molecule has 0 amide bonds. The average molecular weight is 510 g/mol. The molecule has 3 aromatic rings. The lowest BCUT2D eigenvalue weighted by molar-refractivity contribution is -0.118. The summed E-state index contributed by atoms with van der Waals surface area (Å²) in [4.78, 5) is 13.2. The van der Waals surface area contributed by atoms with Crippen molar-refractivity contribution in [1.82, 2.24) is 20.2 Å². The van der Waals surface area contributed by atoms with Gasteiger partial charge in [0.2, 0.25) is 5.95 Å². The van der Waals surface area contributed by atoms with Gasteiger partial charge in [-0.15, -0.1) is 0 Å². The van der Waals surface area contributed by atoms with E-state index in [1.807, 2.05) is 42.5 Å². The van der Waals surface area contributed by atoms with Crippen LogP contribution in [0.15, 0.2) is 58.2 Å². The van der Waals surface area contributed by atoms with E-state index in [0.717, 1.165) is 27.7 Å². The second-order valence-corrected chi connectivity index (χ2v) is 10.1. The van der Waals surface area contributed by atoms with Crippen LogP contribution in [0.1, 0.15) is 43.9 Å². The molecule has 2 aliphatic rings. The molecule has 5 rings (SSSR count). The van der Waals surface area contributed by atoms with Gasteiger partial charge in [-0.1, -0.05) is 53.1 Å². The van der Waals surface area contributed by atoms with Crippen LogP contribution in [-0.4, -0.2) is 33.1 Å². The summed E-state index contributed by atoms with van der Waals surface area (Å²) in [5.41, 5.74) is 3.37. The van der Waals surface area contributed by atoms with Crippen LogP contribution in [0.2, 0.25) is 0 Å². The normalized spacial score (nSPS) is 18.9. The smallest absolute Gasteiger partial charge is 0.248 e. The minimum absolute atomic E-state index is 0.105. The molecule has 0 fully saturated rings. The van der Waals surface area contributed by atoms with Crippen molar-refractivity contribution < 1.29 is 14.3 Å². The maximum Gasteiger partial charge on any atom is 0.248 e. The first kappa shape index (κ1) is 21.6. The number of methoxy groups -OCH3 is 1. The van der Waals surface area contributed by atoms with Crippen LogP contribution < -0.4 is 14.8 Å². The quantitative estimate of drug-likeness (QED) is 0.533. The van der Waals surface area contributed by atoms with Crippen LogP contribution >= 0.6 is 15.9 Å². The molecule has 9 heteroatoms. The van der Waals surface area contributed by atoms with Crippen LogP contribution in [0.25, 0.3) is 0 Å². The van der Waals surface area contributed by atoms with Gasteiger partial charge in [0.05, 0.1) is 7.11 Å². The lowest BCUT2D eigenvalue weighted by Gasteiger charge is -2.37. The number of hydrogen-bond donors (Lipinski definition) is 1. The summed E-state index contributed by atoms with van der Waals surface area (Å²) in [7, 11) is 1.61. The maximum absolute atomic E-state index is 13.2. The third-order valence-electron chi connectivity index (χ3n) is 5.98. The monoisotopic (exact) mass is 509 g/mol. The van der Waals surface area contributed by atoms with Gasteiger partial charge >= 0.3 is 0 Å². The number of Topliss-reactive ketones (excluding diaryl/α,β-unsaturated/α-hetero) is 1. The average Bonchev–Trinajstić information content (AvgIpc) is 3.23. The predicted molar refractivity (Wildman–Crippen MR) is 126 cm³/mol. The van der Waals surface area contributed by atoms with E-state index >= 15 is 0 Å². The molecule has 8 nitrogen and oxygen atoms in total. The van der Waals surface area contributed by atoms with Crippen LogP contribution in [0.3, 0.4) is 0 Å². The van der Waals surface area contributed by atoms with Crippen molar-refractivity contribution in [2.75, 3.05) is 12.4 Å². The lowest BCUT2D eigenvalue weighted by Crippen LogP contribution is -2.36. The second kappa shape index (κ2) is 8.30. The SMILES string of the molecule is COc1cc(C2C3=C(CC(C)(C)CC3=O)Nc3nnnn32)ccc1OCc1cccc(Br)c1. The molecule has 2 heterocycles. The fourth-order valence-electron chi connectivity index (χ4n) is 4.54. The molecule has 2 aromatic carbocycles. The number of rotatable bonds is 5. The fourth-order valence-corrected chi connectivity index (χ4v) is 4.99. The van der Waals surface area contributed by atoms with Crippen molar-refractivity contribution in [1.29, 1.82) is 0 Å². The van der Waals surface area contributed by atoms with Gasteiger partial charge in [-0.2, -0.15) is 4.68 Å². The van der Waals surface area contributed by atoms with Crippen LogP contribution in [0.4, 0.5) is 5.95 Å². The number of anilines is 1. The van der Waals surface area contributed by atoms with Gasteiger partial charge in [0, 0.05) is 22.2 Å². The van der Waals surface area contributed by atoms with Crippen molar-refractivity contribution in [3.05, 3.63) is 69.3 Å². The molecule has 1 aliphatic carbocycles. The highest BCUT2D eigenvalue weighted by atomic mass is 79.9. The molecule has 1 aliphatic heterocycles. The number of ketones is 1. The van der Waals surface area contributed by atoms with E-state index in [9.17, 15) is 4.79 Å². The summed E-state index contributed by atoms with van der Waals surface area (Å²) in [5, 5.41) is 15.4. The minimum Gasteiger partial charge on any atom is -0.493 e. The fraction of sp³-hybridized carbons (Fsp3) is 0.333. The van der Waals surface area contributed by atoms with Crippen molar-refractivity contribution in [3.63, 3.8) is 0 Å². The summed E-state index contributed by atoms with van der Waals surface area (Å²) in [5.74, 6) is 1.84. The van der Waals surface area contributed by atoms with E-state index in [2.05, 4.69) is 50.6 Å². The van der Waals surface area contributed by atoms with Gasteiger partial charge in [-0.25, -0.2) is 0 Å². The Labute approximate surface area is 200 Å². The van der Waals surface area contributed by atoms with Gasteiger partial charge in [-0.3, -0.25) is 4.79 Å². The van der Waals surface area contributed by atoms with Gasteiger partial charge < -0.3 is 14.8 Å². The van der Waals surface area contributed by atoms with E-state index < -0.39 is 6.04 Å². The number of tetrazole rings is 1. The molecule has 0 radical (unpaired) electrons. The molecule has 33 heavy (non-hydrogen) atoms. The summed E-state index contributed by atoms with van der Waals surface area (Å²) in [6, 6.07) is 13.2. The predicted octanol–water partition coefficient (Wildman–Crippen LogP) is 4.68. The first-order valence-corrected chi connectivity index (χ1v) is 11.5. The molecule has 0 spiro atoms. The number of halogens is 1. The van der Waals surface area contributed by atoms with Gasteiger partial charge in [0.15, 0.2) is 17.3 Å². The van der Waals surface area contributed by atoms with Crippen LogP contribution in [0, 0.1) is 5.41 Å². The third-order valence-corrected chi connectivity index (χ3v) is 6.47. The Morgan fingerprint density at radius 3 is 2.82 bits per heavy atom. The standard InChI is InChI=1S/C24H24BrN5O3/c1-24(2)11-17-21(18(31)12-24)22(30-23(26-17)27-28-29-30)15-7-8-19(20(10-15)32-3)33-13-14-5-4-6-16(25)9-14/h4-10,22H,11-13H2,1-3H3,(H,26,27,29). The lowest BCUT2D eigenvalue weighted by atomic mass is 9.73. The minimum atomic E-state index is -0.428. The Hall–Kier alpha value is -3.20. The topological polar surface area (TPSA) is 91.2 Å². The molecular formula is C24H24BrN5O3. The van der Waals surface area contributed by atoms with Gasteiger partial charge in [-0.05, 0) is 57.7 Å². The summed E-state index contributed by atoms with van der Waals surface area (Å²) < 4.78 is 14.3. The Morgan fingerprint density at radius 1 is 1.18 bits per heavy atom. The van der Waals surface area contributed by atoms with Crippen molar-refractivity contribution in [2.24, 2.45) is 5.41 Å². The number of fused-ring (bicyclic) bond motifs is 1. The highest BCUT2D eigenvalue weighted by Gasteiger charge is 2.42. The van der Waals surface area contributed by atoms with Crippen molar-refractivity contribution >= 4 is 27.7 Å². The number of carbonyl (C=O) groups is 1. The summed E-state index contributed by atoms with van der Waals surface area (Å²) >= 11 is 3.48. The Kier molecular flexibility index (Phi) is 5.44. The molecule has 0 saturated heterocycles. The Balaban J connectivity index is 1.50. The number of benzene rings is 2. The highest BCUT2D eigenvalue weighted by Crippen LogP contribution is 2.46. The number of allylic oxidation sites excluding steroid dienone is 2. The van der Waals surface area contributed by atoms with E-state index in [-0.39, 0.29) is 11.2 Å². The molecule has 1 aromatic heterocycles. The number of ether oxygens (including phenoxy) is 2. The van der Waals surface area contributed by atoms with E-state index in [1.165, 1.54) is 0 Å². The van der Waals surface area contributed by atoms with E-state index in [4.69, 9.17) is 9.47 Å². The van der Waals surface area contributed by atoms with Crippen molar-refractivity contribution in [3.8, 4) is 11.5 Å². The zero-order valence-corrected chi connectivity index (χ0v) is 20.2. The number of aromatic nitrogens is 4. The number of nitrogens with one attached hydrogen (secondary N) is 1. The maximum atomic E-state index is 13.2. The van der Waals surface area contributed by atoms with Crippen LogP contribution in [-0.2, 0) is 11.4 Å². The van der Waals surface area contributed by atoms with Crippen LogP contribution in [0.5, 0.6) is 11.5 Å². The summed E-state index contributed by atoms with van der Waals surface area (Å²) in [6.07, 6.45) is 1.23. The number of nitrogens with zero attached hydrogens (tertiary/aromatic N) is 4. The third kappa shape index (κ3) is 4.13. The van der Waals surface area contributed by atoms with Gasteiger partial charge in [0.25, 0.3) is 0 Å². The van der Waals surface area contributed by atoms with Crippen molar-refractivity contribution in [2.45, 2.75) is 39.3 Å². The molecule has 170 valence electrons. The number of hydrogen-bond acceptors (Lipinski definition) is 7. The highest BCUT2D eigenvalue weighted by molar-refractivity contribution is 9.10. The molecule has 1 N–H and O–H groups in total. The van der Waals surface area contributed by atoms with Gasteiger partial charge in [0.1, 0.15) is 12.6 Å². The number of carbonyl (C=O) groups excluding carboxylic acids is 1. The first-order valence-electron chi connectivity index (χ1n) is 10.7. The zero-order chi connectivity index (χ0) is 23.2. The summed E-state index contributed by atoms with van der Waals surface area (Å²) in [6.45, 7) is 4.61. The molecule has 1 atom stereocenters. The van der Waals surface area contributed by atoms with E-state index in [0.29, 0.717) is 36.0 Å². The van der Waals surface area contributed by atoms with E-state index in [1.54, 1.807) is 11.8 Å².